The van der Waals surface area contributed by atoms with Crippen molar-refractivity contribution in [2.45, 2.75) is 80.1 Å². The molecule has 0 aromatic heterocycles. The highest BCUT2D eigenvalue weighted by atomic mass is 16.5. The zero-order valence-electron chi connectivity index (χ0n) is 14.4. The lowest BCUT2D eigenvalue weighted by Gasteiger charge is -2.23. The fourth-order valence-electron chi connectivity index (χ4n) is 2.04. The summed E-state index contributed by atoms with van der Waals surface area (Å²) in [4.78, 5) is 10.7. The number of rotatable bonds is 10. The molecule has 0 bridgehead atoms. The maximum absolute atomic E-state index is 10.7. The molecule has 2 nitrogen and oxygen atoms in total. The predicted octanol–water partition coefficient (Wildman–Crippen LogP) is 5.52. The molecule has 20 heavy (non-hydrogen) atoms. The molecular formula is C18H34O2. The summed E-state index contributed by atoms with van der Waals surface area (Å²) in [5.41, 5.74) is 0.699. The summed E-state index contributed by atoms with van der Waals surface area (Å²) in [6, 6.07) is 0. The summed E-state index contributed by atoms with van der Waals surface area (Å²) in [5, 5.41) is 0. The number of esters is 1. The van der Waals surface area contributed by atoms with Gasteiger partial charge in [-0.1, -0.05) is 53.2 Å². The monoisotopic (exact) mass is 282 g/mol. The van der Waals surface area contributed by atoms with Crippen LogP contribution in [0.5, 0.6) is 0 Å². The highest BCUT2D eigenvalue weighted by Gasteiger charge is 2.15. The van der Waals surface area contributed by atoms with E-state index in [1.54, 1.807) is 0 Å². The van der Waals surface area contributed by atoms with Gasteiger partial charge in [-0.3, -0.25) is 4.79 Å². The SMILES string of the molecule is CCC(C)(C)CC/C=C/C(C)(C)CCCCOC(C)=O. The van der Waals surface area contributed by atoms with E-state index in [2.05, 4.69) is 46.8 Å². The van der Waals surface area contributed by atoms with Gasteiger partial charge in [0.05, 0.1) is 6.61 Å². The van der Waals surface area contributed by atoms with E-state index in [0.717, 1.165) is 25.7 Å². The van der Waals surface area contributed by atoms with Crippen LogP contribution in [0.3, 0.4) is 0 Å². The minimum atomic E-state index is -0.178. The molecule has 0 saturated carbocycles. The van der Waals surface area contributed by atoms with Crippen LogP contribution in [0.25, 0.3) is 0 Å². The normalized spacial score (nSPS) is 12.9. The summed E-state index contributed by atoms with van der Waals surface area (Å²) in [5.74, 6) is -0.178. The molecule has 0 aliphatic rings. The second kappa shape index (κ2) is 9.20. The number of unbranched alkanes of at least 4 members (excludes halogenated alkanes) is 1. The fraction of sp³-hybridized carbons (Fsp3) is 0.833. The molecule has 0 aromatic carbocycles. The van der Waals surface area contributed by atoms with E-state index in [-0.39, 0.29) is 11.4 Å². The molecule has 2 heteroatoms. The van der Waals surface area contributed by atoms with E-state index in [4.69, 9.17) is 4.74 Å². The van der Waals surface area contributed by atoms with Crippen molar-refractivity contribution in [3.05, 3.63) is 12.2 Å². The maximum atomic E-state index is 10.7. The van der Waals surface area contributed by atoms with Crippen molar-refractivity contribution in [1.29, 1.82) is 0 Å². The molecule has 0 N–H and O–H groups in total. The predicted molar refractivity (Wildman–Crippen MR) is 86.7 cm³/mol. The maximum Gasteiger partial charge on any atom is 0.302 e. The van der Waals surface area contributed by atoms with E-state index in [9.17, 15) is 4.79 Å². The van der Waals surface area contributed by atoms with Gasteiger partial charge in [-0.15, -0.1) is 0 Å². The molecule has 0 atom stereocenters. The van der Waals surface area contributed by atoms with Gasteiger partial charge in [-0.2, -0.15) is 0 Å². The van der Waals surface area contributed by atoms with Gasteiger partial charge in [0.15, 0.2) is 0 Å². The third-order valence-electron chi connectivity index (χ3n) is 4.03. The minimum absolute atomic E-state index is 0.178. The van der Waals surface area contributed by atoms with Gasteiger partial charge < -0.3 is 4.74 Å². The molecule has 0 heterocycles. The Bertz CT molecular complexity index is 301. The van der Waals surface area contributed by atoms with Crippen molar-refractivity contribution in [1.82, 2.24) is 0 Å². The average molecular weight is 282 g/mol. The third-order valence-corrected chi connectivity index (χ3v) is 4.03. The Kier molecular flexibility index (Phi) is 8.84. The van der Waals surface area contributed by atoms with Gasteiger partial charge in [-0.25, -0.2) is 0 Å². The Morgan fingerprint density at radius 3 is 2.30 bits per heavy atom. The molecular weight excluding hydrogens is 248 g/mol. The molecule has 0 spiro atoms. The van der Waals surface area contributed by atoms with Crippen LogP contribution in [-0.2, 0) is 9.53 Å². The lowest BCUT2D eigenvalue weighted by atomic mass is 9.83. The Morgan fingerprint density at radius 2 is 1.75 bits per heavy atom. The average Bonchev–Trinajstić information content (AvgIpc) is 2.34. The first-order valence-corrected chi connectivity index (χ1v) is 7.99. The highest BCUT2D eigenvalue weighted by molar-refractivity contribution is 5.65. The minimum Gasteiger partial charge on any atom is -0.466 e. The van der Waals surface area contributed by atoms with E-state index in [1.165, 1.54) is 19.8 Å². The molecule has 0 aromatic rings. The lowest BCUT2D eigenvalue weighted by molar-refractivity contribution is -0.141. The Morgan fingerprint density at radius 1 is 1.10 bits per heavy atom. The summed E-state index contributed by atoms with van der Waals surface area (Å²) in [7, 11) is 0. The summed E-state index contributed by atoms with van der Waals surface area (Å²) < 4.78 is 4.95. The largest absolute Gasteiger partial charge is 0.466 e. The van der Waals surface area contributed by atoms with Crippen molar-refractivity contribution in [2.75, 3.05) is 6.61 Å². The zero-order valence-corrected chi connectivity index (χ0v) is 14.4. The van der Waals surface area contributed by atoms with Gasteiger partial charge in [0.2, 0.25) is 0 Å². The topological polar surface area (TPSA) is 26.3 Å². The van der Waals surface area contributed by atoms with Crippen molar-refractivity contribution in [3.8, 4) is 0 Å². The number of allylic oxidation sites excluding steroid dienone is 2. The first-order chi connectivity index (χ1) is 9.18. The van der Waals surface area contributed by atoms with Crippen molar-refractivity contribution in [3.63, 3.8) is 0 Å². The number of carbonyl (C=O) groups excluding carboxylic acids is 1. The molecule has 118 valence electrons. The van der Waals surface area contributed by atoms with Gasteiger partial charge in [-0.05, 0) is 42.9 Å². The van der Waals surface area contributed by atoms with Crippen LogP contribution in [0.4, 0.5) is 0 Å². The van der Waals surface area contributed by atoms with Crippen LogP contribution in [-0.4, -0.2) is 12.6 Å². The fourth-order valence-corrected chi connectivity index (χ4v) is 2.04. The summed E-state index contributed by atoms with van der Waals surface area (Å²) in [6.07, 6.45) is 11.5. The Hall–Kier alpha value is -0.790. The van der Waals surface area contributed by atoms with Crippen LogP contribution >= 0.6 is 0 Å². The van der Waals surface area contributed by atoms with E-state index in [1.807, 2.05) is 0 Å². The summed E-state index contributed by atoms with van der Waals surface area (Å²) >= 11 is 0. The standard InChI is InChI=1S/C18H34O2/c1-7-17(3,4)12-8-9-13-18(5,6)14-10-11-15-20-16(2)19/h9,13H,7-8,10-12,14-15H2,1-6H3/b13-9+. The zero-order chi connectivity index (χ0) is 15.6. The lowest BCUT2D eigenvalue weighted by Crippen LogP contribution is -2.10. The van der Waals surface area contributed by atoms with E-state index in [0.29, 0.717) is 12.0 Å². The van der Waals surface area contributed by atoms with E-state index < -0.39 is 0 Å². The number of ether oxygens (including phenoxy) is 1. The second-order valence-corrected chi connectivity index (χ2v) is 7.24. The molecule has 0 saturated heterocycles. The molecule has 0 radical (unpaired) electrons. The Labute approximate surface area is 126 Å². The smallest absolute Gasteiger partial charge is 0.302 e. The first-order valence-electron chi connectivity index (χ1n) is 7.99. The van der Waals surface area contributed by atoms with Crippen molar-refractivity contribution < 1.29 is 9.53 Å². The van der Waals surface area contributed by atoms with Gasteiger partial charge in [0.25, 0.3) is 0 Å². The number of hydrogen-bond acceptors (Lipinski definition) is 2. The molecule has 0 rings (SSSR count). The molecule has 0 amide bonds. The third kappa shape index (κ3) is 11.1. The highest BCUT2D eigenvalue weighted by Crippen LogP contribution is 2.28. The van der Waals surface area contributed by atoms with Crippen LogP contribution < -0.4 is 0 Å². The molecule has 0 aliphatic carbocycles. The quantitative estimate of drug-likeness (QED) is 0.299. The summed E-state index contributed by atoms with van der Waals surface area (Å²) in [6.45, 7) is 13.5. The molecule has 0 aliphatic heterocycles. The molecule has 0 fully saturated rings. The van der Waals surface area contributed by atoms with Crippen molar-refractivity contribution >= 4 is 5.97 Å². The first kappa shape index (κ1) is 19.2. The van der Waals surface area contributed by atoms with Crippen LogP contribution in [0, 0.1) is 10.8 Å². The molecule has 0 unspecified atom stereocenters. The Balaban J connectivity index is 3.85. The second-order valence-electron chi connectivity index (χ2n) is 7.24. The van der Waals surface area contributed by atoms with Gasteiger partial charge in [0, 0.05) is 6.92 Å². The van der Waals surface area contributed by atoms with Gasteiger partial charge >= 0.3 is 5.97 Å². The number of hydrogen-bond donors (Lipinski definition) is 0. The number of carbonyl (C=O) groups is 1. The van der Waals surface area contributed by atoms with E-state index >= 15 is 0 Å². The van der Waals surface area contributed by atoms with Gasteiger partial charge in [0.1, 0.15) is 0 Å². The van der Waals surface area contributed by atoms with Crippen LogP contribution in [0.2, 0.25) is 0 Å². The van der Waals surface area contributed by atoms with Crippen molar-refractivity contribution in [2.24, 2.45) is 10.8 Å². The van der Waals surface area contributed by atoms with Crippen LogP contribution in [0.15, 0.2) is 12.2 Å². The van der Waals surface area contributed by atoms with Crippen LogP contribution in [0.1, 0.15) is 80.1 Å².